The van der Waals surface area contributed by atoms with Gasteiger partial charge in [0.2, 0.25) is 0 Å². The number of ether oxygens (including phenoxy) is 1. The van der Waals surface area contributed by atoms with Gasteiger partial charge in [0.15, 0.2) is 0 Å². The van der Waals surface area contributed by atoms with Gasteiger partial charge >= 0.3 is 6.18 Å². The molecule has 0 aromatic heterocycles. The standard InChI is InChI=1S/C14H11F3O2/c15-14(16,17)11-6-2-4-8-13(11)19-12-7-3-1-5-10(12)9-18/h1-8,18H,9H2. The second-order valence-electron chi connectivity index (χ2n) is 3.86. The van der Waals surface area contributed by atoms with Crippen LogP contribution < -0.4 is 4.74 Å². The van der Waals surface area contributed by atoms with Gasteiger partial charge in [0.05, 0.1) is 12.2 Å². The van der Waals surface area contributed by atoms with Crippen molar-refractivity contribution < 1.29 is 23.0 Å². The summed E-state index contributed by atoms with van der Waals surface area (Å²) in [6, 6.07) is 11.4. The summed E-state index contributed by atoms with van der Waals surface area (Å²) >= 11 is 0. The molecular weight excluding hydrogens is 257 g/mol. The minimum atomic E-state index is -4.48. The van der Waals surface area contributed by atoms with E-state index in [9.17, 15) is 13.2 Å². The molecule has 0 saturated carbocycles. The summed E-state index contributed by atoms with van der Waals surface area (Å²) in [5, 5.41) is 9.12. The van der Waals surface area contributed by atoms with Crippen LogP contribution in [-0.2, 0) is 12.8 Å². The predicted octanol–water partition coefficient (Wildman–Crippen LogP) is 3.99. The Morgan fingerprint density at radius 3 is 2.11 bits per heavy atom. The van der Waals surface area contributed by atoms with Gasteiger partial charge < -0.3 is 9.84 Å². The van der Waals surface area contributed by atoms with Crippen LogP contribution in [0.4, 0.5) is 13.2 Å². The molecule has 2 nitrogen and oxygen atoms in total. The van der Waals surface area contributed by atoms with Gasteiger partial charge in [0, 0.05) is 5.56 Å². The molecule has 2 rings (SSSR count). The molecule has 0 spiro atoms. The highest BCUT2D eigenvalue weighted by Gasteiger charge is 2.34. The maximum Gasteiger partial charge on any atom is 0.419 e. The van der Waals surface area contributed by atoms with Crippen LogP contribution in [-0.4, -0.2) is 5.11 Å². The molecule has 2 aromatic rings. The highest BCUT2D eigenvalue weighted by Crippen LogP contribution is 2.38. The van der Waals surface area contributed by atoms with Crippen LogP contribution in [0.3, 0.4) is 0 Å². The SMILES string of the molecule is OCc1ccccc1Oc1ccccc1C(F)(F)F. The summed E-state index contributed by atoms with van der Waals surface area (Å²) in [4.78, 5) is 0. The van der Waals surface area contributed by atoms with Crippen molar-refractivity contribution in [3.05, 3.63) is 59.7 Å². The second kappa shape index (κ2) is 5.32. The van der Waals surface area contributed by atoms with Crippen LogP contribution in [0.1, 0.15) is 11.1 Å². The first-order chi connectivity index (χ1) is 9.02. The molecule has 1 N–H and O–H groups in total. The lowest BCUT2D eigenvalue weighted by Crippen LogP contribution is -2.07. The lowest BCUT2D eigenvalue weighted by Gasteiger charge is -2.14. The first kappa shape index (κ1) is 13.4. The summed E-state index contributed by atoms with van der Waals surface area (Å²) in [5.74, 6) is -0.0717. The molecule has 0 amide bonds. The fourth-order valence-electron chi connectivity index (χ4n) is 1.64. The average molecular weight is 268 g/mol. The molecule has 2 aromatic carbocycles. The number of hydrogen-bond acceptors (Lipinski definition) is 2. The normalized spacial score (nSPS) is 11.4. The smallest absolute Gasteiger partial charge is 0.419 e. The molecule has 0 unspecified atom stereocenters. The number of alkyl halides is 3. The van der Waals surface area contributed by atoms with Gasteiger partial charge in [-0.05, 0) is 18.2 Å². The van der Waals surface area contributed by atoms with Crippen molar-refractivity contribution in [3.8, 4) is 11.5 Å². The first-order valence-corrected chi connectivity index (χ1v) is 5.55. The zero-order chi connectivity index (χ0) is 13.9. The molecule has 19 heavy (non-hydrogen) atoms. The van der Waals surface area contributed by atoms with E-state index in [-0.39, 0.29) is 18.1 Å². The van der Waals surface area contributed by atoms with Crippen molar-refractivity contribution in [2.45, 2.75) is 12.8 Å². The Morgan fingerprint density at radius 1 is 0.895 bits per heavy atom. The summed E-state index contributed by atoms with van der Waals surface area (Å²) < 4.78 is 43.7. The molecule has 0 aliphatic heterocycles. The van der Waals surface area contributed by atoms with Gasteiger partial charge in [-0.1, -0.05) is 30.3 Å². The third-order valence-electron chi connectivity index (χ3n) is 2.56. The Kier molecular flexibility index (Phi) is 3.76. The topological polar surface area (TPSA) is 29.5 Å². The van der Waals surface area contributed by atoms with Gasteiger partial charge in [-0.15, -0.1) is 0 Å². The van der Waals surface area contributed by atoms with Crippen molar-refractivity contribution in [1.82, 2.24) is 0 Å². The minimum Gasteiger partial charge on any atom is -0.456 e. The molecule has 0 saturated heterocycles. The summed E-state index contributed by atoms with van der Waals surface area (Å²) in [7, 11) is 0. The Balaban J connectivity index is 2.39. The minimum absolute atomic E-state index is 0.210. The summed E-state index contributed by atoms with van der Waals surface area (Å²) in [6.45, 7) is -0.301. The van der Waals surface area contributed by atoms with Crippen LogP contribution in [0.15, 0.2) is 48.5 Å². The predicted molar refractivity (Wildman–Crippen MR) is 63.9 cm³/mol. The zero-order valence-corrected chi connectivity index (χ0v) is 9.82. The van der Waals surface area contributed by atoms with Crippen LogP contribution >= 0.6 is 0 Å². The average Bonchev–Trinajstić information content (AvgIpc) is 2.39. The molecule has 0 heterocycles. The third-order valence-corrected chi connectivity index (χ3v) is 2.56. The molecule has 0 fully saturated rings. The first-order valence-electron chi connectivity index (χ1n) is 5.55. The maximum atomic E-state index is 12.8. The Labute approximate surface area is 108 Å². The molecule has 0 atom stereocenters. The van der Waals surface area contributed by atoms with Crippen LogP contribution in [0.2, 0.25) is 0 Å². The number of halogens is 3. The molecular formula is C14H11F3O2. The van der Waals surface area contributed by atoms with E-state index in [4.69, 9.17) is 9.84 Å². The van der Waals surface area contributed by atoms with Crippen LogP contribution in [0.5, 0.6) is 11.5 Å². The Hall–Kier alpha value is -2.01. The van der Waals surface area contributed by atoms with E-state index in [0.717, 1.165) is 6.07 Å². The van der Waals surface area contributed by atoms with E-state index < -0.39 is 11.7 Å². The number of rotatable bonds is 3. The number of hydrogen-bond donors (Lipinski definition) is 1. The van der Waals surface area contributed by atoms with E-state index in [0.29, 0.717) is 5.56 Å². The van der Waals surface area contributed by atoms with Gasteiger partial charge in [-0.25, -0.2) is 0 Å². The van der Waals surface area contributed by atoms with Crippen LogP contribution in [0, 0.1) is 0 Å². The van der Waals surface area contributed by atoms with Gasteiger partial charge in [-0.2, -0.15) is 13.2 Å². The monoisotopic (exact) mass is 268 g/mol. The Morgan fingerprint density at radius 2 is 1.47 bits per heavy atom. The number of para-hydroxylation sites is 2. The quantitative estimate of drug-likeness (QED) is 0.912. The molecule has 0 aliphatic carbocycles. The van der Waals surface area contributed by atoms with E-state index in [1.807, 2.05) is 0 Å². The van der Waals surface area contributed by atoms with E-state index in [1.165, 1.54) is 24.3 Å². The highest BCUT2D eigenvalue weighted by atomic mass is 19.4. The maximum absolute atomic E-state index is 12.8. The van der Waals surface area contributed by atoms with E-state index in [1.54, 1.807) is 18.2 Å². The fourth-order valence-corrected chi connectivity index (χ4v) is 1.64. The van der Waals surface area contributed by atoms with Gasteiger partial charge in [0.1, 0.15) is 11.5 Å². The van der Waals surface area contributed by atoms with Gasteiger partial charge in [-0.3, -0.25) is 0 Å². The second-order valence-corrected chi connectivity index (χ2v) is 3.86. The Bertz CT molecular complexity index is 565. The van der Waals surface area contributed by atoms with Crippen molar-refractivity contribution in [1.29, 1.82) is 0 Å². The molecule has 0 radical (unpaired) electrons. The van der Waals surface area contributed by atoms with Crippen molar-refractivity contribution >= 4 is 0 Å². The molecule has 0 bridgehead atoms. The number of aliphatic hydroxyl groups excluding tert-OH is 1. The number of benzene rings is 2. The van der Waals surface area contributed by atoms with Crippen molar-refractivity contribution in [2.75, 3.05) is 0 Å². The number of aliphatic hydroxyl groups is 1. The van der Waals surface area contributed by atoms with E-state index >= 15 is 0 Å². The molecule has 100 valence electrons. The summed E-state index contributed by atoms with van der Waals surface area (Å²) in [6.07, 6.45) is -4.48. The van der Waals surface area contributed by atoms with E-state index in [2.05, 4.69) is 0 Å². The fraction of sp³-hybridized carbons (Fsp3) is 0.143. The molecule has 0 aliphatic rings. The van der Waals surface area contributed by atoms with Crippen molar-refractivity contribution in [2.24, 2.45) is 0 Å². The lowest BCUT2D eigenvalue weighted by atomic mass is 10.2. The largest absolute Gasteiger partial charge is 0.456 e. The van der Waals surface area contributed by atoms with Crippen molar-refractivity contribution in [3.63, 3.8) is 0 Å². The summed E-state index contributed by atoms with van der Waals surface area (Å²) in [5.41, 5.74) is -0.415. The zero-order valence-electron chi connectivity index (χ0n) is 9.82. The molecule has 5 heteroatoms. The lowest BCUT2D eigenvalue weighted by molar-refractivity contribution is -0.138. The third kappa shape index (κ3) is 3.06. The van der Waals surface area contributed by atoms with Crippen LogP contribution in [0.25, 0.3) is 0 Å². The van der Waals surface area contributed by atoms with Gasteiger partial charge in [0.25, 0.3) is 0 Å². The highest BCUT2D eigenvalue weighted by molar-refractivity contribution is 5.42.